The molecule has 0 saturated carbocycles. The molecule has 6 heteroatoms. The van der Waals surface area contributed by atoms with E-state index in [1.54, 1.807) is 6.92 Å². The van der Waals surface area contributed by atoms with Crippen LogP contribution in [0.15, 0.2) is 15.0 Å². The van der Waals surface area contributed by atoms with Crippen LogP contribution < -0.4 is 5.32 Å². The van der Waals surface area contributed by atoms with Gasteiger partial charge in [0.1, 0.15) is 11.5 Å². The maximum absolute atomic E-state index is 11.9. The molecule has 108 valence electrons. The van der Waals surface area contributed by atoms with Gasteiger partial charge in [0, 0.05) is 18.4 Å². The molecule has 0 aromatic carbocycles. The topological polar surface area (TPSA) is 81.2 Å². The molecule has 1 atom stereocenters. The van der Waals surface area contributed by atoms with Crippen molar-refractivity contribution >= 4 is 5.91 Å². The average molecular weight is 277 g/mol. The molecule has 0 fully saturated rings. The van der Waals surface area contributed by atoms with Crippen molar-refractivity contribution in [1.29, 1.82) is 0 Å². The maximum Gasteiger partial charge on any atom is 0.227 e. The molecule has 1 unspecified atom stereocenters. The first-order valence-corrected chi connectivity index (χ1v) is 6.61. The van der Waals surface area contributed by atoms with E-state index in [1.807, 2.05) is 26.8 Å². The number of nitrogens with zero attached hydrogens (tertiary/aromatic N) is 2. The summed E-state index contributed by atoms with van der Waals surface area (Å²) in [7, 11) is 0. The van der Waals surface area contributed by atoms with Crippen molar-refractivity contribution in [3.05, 3.63) is 34.9 Å². The first-order chi connectivity index (χ1) is 9.45. The Morgan fingerprint density at radius 1 is 1.40 bits per heavy atom. The summed E-state index contributed by atoms with van der Waals surface area (Å²) < 4.78 is 10.4. The number of aromatic nitrogens is 2. The second kappa shape index (κ2) is 5.90. The van der Waals surface area contributed by atoms with Crippen LogP contribution in [0.3, 0.4) is 0 Å². The van der Waals surface area contributed by atoms with Crippen LogP contribution in [0.4, 0.5) is 0 Å². The van der Waals surface area contributed by atoms with Crippen molar-refractivity contribution in [2.75, 3.05) is 0 Å². The third-order valence-electron chi connectivity index (χ3n) is 3.06. The minimum absolute atomic E-state index is 0.0494. The predicted molar refractivity (Wildman–Crippen MR) is 72.1 cm³/mol. The molecule has 0 aliphatic rings. The highest BCUT2D eigenvalue weighted by Gasteiger charge is 2.15. The average Bonchev–Trinajstić information content (AvgIpc) is 2.92. The third kappa shape index (κ3) is 3.46. The minimum atomic E-state index is -0.0793. The summed E-state index contributed by atoms with van der Waals surface area (Å²) in [6.45, 7) is 7.47. The Bertz CT molecular complexity index is 601. The van der Waals surface area contributed by atoms with Crippen LogP contribution in [-0.4, -0.2) is 16.0 Å². The van der Waals surface area contributed by atoms with Gasteiger partial charge >= 0.3 is 0 Å². The van der Waals surface area contributed by atoms with Gasteiger partial charge in [-0.3, -0.25) is 4.79 Å². The molecule has 20 heavy (non-hydrogen) atoms. The zero-order chi connectivity index (χ0) is 14.7. The van der Waals surface area contributed by atoms with Gasteiger partial charge in [-0.25, -0.2) is 0 Å². The van der Waals surface area contributed by atoms with E-state index in [0.29, 0.717) is 24.6 Å². The lowest BCUT2D eigenvalue weighted by Gasteiger charge is -2.12. The molecule has 2 heterocycles. The lowest BCUT2D eigenvalue weighted by molar-refractivity contribution is -0.121. The summed E-state index contributed by atoms with van der Waals surface area (Å²) >= 11 is 0. The highest BCUT2D eigenvalue weighted by molar-refractivity contribution is 5.76. The van der Waals surface area contributed by atoms with Crippen LogP contribution >= 0.6 is 0 Å². The fourth-order valence-corrected chi connectivity index (χ4v) is 2.13. The van der Waals surface area contributed by atoms with Crippen molar-refractivity contribution in [3.63, 3.8) is 0 Å². The number of amides is 1. The number of aryl methyl sites for hydroxylation is 4. The maximum atomic E-state index is 11.9. The van der Waals surface area contributed by atoms with Crippen LogP contribution in [0.1, 0.15) is 48.2 Å². The number of hydrogen-bond acceptors (Lipinski definition) is 5. The molecule has 6 nitrogen and oxygen atoms in total. The predicted octanol–water partition coefficient (Wildman–Crippen LogP) is 2.40. The standard InChI is InChI=1S/C14H19N3O3/c1-8-7-12(10(3)19-8)9(2)15-13(18)5-6-14-16-11(4)17-20-14/h7,9H,5-6H2,1-4H3,(H,15,18). The van der Waals surface area contributed by atoms with E-state index in [9.17, 15) is 4.79 Å². The van der Waals surface area contributed by atoms with Gasteiger partial charge in [0.2, 0.25) is 11.8 Å². The van der Waals surface area contributed by atoms with Gasteiger partial charge in [0.15, 0.2) is 5.82 Å². The van der Waals surface area contributed by atoms with E-state index in [2.05, 4.69) is 15.5 Å². The lowest BCUT2D eigenvalue weighted by Crippen LogP contribution is -2.27. The molecule has 0 bridgehead atoms. The zero-order valence-electron chi connectivity index (χ0n) is 12.2. The Kier molecular flexibility index (Phi) is 4.22. The van der Waals surface area contributed by atoms with Gasteiger partial charge in [-0.05, 0) is 33.8 Å². The first kappa shape index (κ1) is 14.3. The van der Waals surface area contributed by atoms with Crippen molar-refractivity contribution in [3.8, 4) is 0 Å². The molecule has 2 aromatic rings. The second-order valence-corrected chi connectivity index (χ2v) is 4.89. The van der Waals surface area contributed by atoms with E-state index in [4.69, 9.17) is 8.94 Å². The molecule has 0 aliphatic heterocycles. The molecule has 2 aromatic heterocycles. The van der Waals surface area contributed by atoms with E-state index in [-0.39, 0.29) is 11.9 Å². The van der Waals surface area contributed by atoms with Gasteiger partial charge in [0.25, 0.3) is 0 Å². The SMILES string of the molecule is Cc1noc(CCC(=O)NC(C)c2cc(C)oc2C)n1. The van der Waals surface area contributed by atoms with Crippen LogP contribution in [0.25, 0.3) is 0 Å². The Labute approximate surface area is 117 Å². The van der Waals surface area contributed by atoms with E-state index >= 15 is 0 Å². The Morgan fingerprint density at radius 2 is 2.15 bits per heavy atom. The zero-order valence-corrected chi connectivity index (χ0v) is 12.2. The van der Waals surface area contributed by atoms with Crippen molar-refractivity contribution in [1.82, 2.24) is 15.5 Å². The fraction of sp³-hybridized carbons (Fsp3) is 0.500. The number of hydrogen-bond donors (Lipinski definition) is 1. The summed E-state index contributed by atoms with van der Waals surface area (Å²) in [5.74, 6) is 2.70. The number of furan rings is 1. The van der Waals surface area contributed by atoms with Gasteiger partial charge in [-0.2, -0.15) is 4.98 Å². The molecule has 1 N–H and O–H groups in total. The monoisotopic (exact) mass is 277 g/mol. The summed E-state index contributed by atoms with van der Waals surface area (Å²) in [5.41, 5.74) is 1.00. The lowest BCUT2D eigenvalue weighted by atomic mass is 10.1. The van der Waals surface area contributed by atoms with Gasteiger partial charge < -0.3 is 14.3 Å². The summed E-state index contributed by atoms with van der Waals surface area (Å²) in [5, 5.41) is 6.63. The number of carbonyl (C=O) groups excluding carboxylic acids is 1. The molecule has 0 aliphatic carbocycles. The van der Waals surface area contributed by atoms with Crippen molar-refractivity contribution in [2.45, 2.75) is 46.6 Å². The van der Waals surface area contributed by atoms with E-state index < -0.39 is 0 Å². The van der Waals surface area contributed by atoms with Crippen LogP contribution in [-0.2, 0) is 11.2 Å². The van der Waals surface area contributed by atoms with Gasteiger partial charge in [-0.15, -0.1) is 0 Å². The molecule has 1 amide bonds. The van der Waals surface area contributed by atoms with E-state index in [0.717, 1.165) is 17.1 Å². The summed E-state index contributed by atoms with van der Waals surface area (Å²) in [6.07, 6.45) is 0.768. The van der Waals surface area contributed by atoms with Crippen LogP contribution in [0.5, 0.6) is 0 Å². The van der Waals surface area contributed by atoms with E-state index in [1.165, 1.54) is 0 Å². The summed E-state index contributed by atoms with van der Waals surface area (Å²) in [4.78, 5) is 16.0. The molecular formula is C14H19N3O3. The Morgan fingerprint density at radius 3 is 2.70 bits per heavy atom. The van der Waals surface area contributed by atoms with Gasteiger partial charge in [0.05, 0.1) is 6.04 Å². The quantitative estimate of drug-likeness (QED) is 0.907. The smallest absolute Gasteiger partial charge is 0.227 e. The minimum Gasteiger partial charge on any atom is -0.466 e. The highest BCUT2D eigenvalue weighted by Crippen LogP contribution is 2.21. The Balaban J connectivity index is 1.86. The third-order valence-corrected chi connectivity index (χ3v) is 3.06. The second-order valence-electron chi connectivity index (χ2n) is 4.89. The number of nitrogens with one attached hydrogen (secondary N) is 1. The van der Waals surface area contributed by atoms with Crippen molar-refractivity contribution < 1.29 is 13.7 Å². The molecule has 0 radical (unpaired) electrons. The fourth-order valence-electron chi connectivity index (χ4n) is 2.13. The molecular weight excluding hydrogens is 258 g/mol. The normalized spacial score (nSPS) is 12.4. The Hall–Kier alpha value is -2.11. The molecule has 0 saturated heterocycles. The first-order valence-electron chi connectivity index (χ1n) is 6.61. The number of carbonyl (C=O) groups is 1. The summed E-state index contributed by atoms with van der Waals surface area (Å²) in [6, 6.07) is 1.87. The van der Waals surface area contributed by atoms with Crippen molar-refractivity contribution in [2.24, 2.45) is 0 Å². The molecule has 0 spiro atoms. The molecule has 2 rings (SSSR count). The van der Waals surface area contributed by atoms with Crippen LogP contribution in [0.2, 0.25) is 0 Å². The van der Waals surface area contributed by atoms with Crippen LogP contribution in [0, 0.1) is 20.8 Å². The van der Waals surface area contributed by atoms with Gasteiger partial charge in [-0.1, -0.05) is 5.16 Å². The highest BCUT2D eigenvalue weighted by atomic mass is 16.5. The largest absolute Gasteiger partial charge is 0.466 e. The number of rotatable bonds is 5.